The lowest BCUT2D eigenvalue weighted by Crippen LogP contribution is -2.62. The molecule has 1 aliphatic heterocycles. The highest BCUT2D eigenvalue weighted by Gasteiger charge is 2.54. The zero-order valence-electron chi connectivity index (χ0n) is 22.6. The van der Waals surface area contributed by atoms with E-state index in [4.69, 9.17) is 9.47 Å². The summed E-state index contributed by atoms with van der Waals surface area (Å²) < 4.78 is 11.5. The number of piperidine rings is 1. The molecule has 3 unspecified atom stereocenters. The van der Waals surface area contributed by atoms with Gasteiger partial charge in [-0.3, -0.25) is 14.4 Å². The van der Waals surface area contributed by atoms with Crippen LogP contribution in [0.1, 0.15) is 61.9 Å². The van der Waals surface area contributed by atoms with Crippen LogP contribution >= 0.6 is 0 Å². The highest BCUT2D eigenvalue weighted by Crippen LogP contribution is 2.52. The lowest BCUT2D eigenvalue weighted by atomic mass is 9.56. The van der Waals surface area contributed by atoms with Crippen molar-refractivity contribution < 1.29 is 23.9 Å². The van der Waals surface area contributed by atoms with Crippen LogP contribution in [-0.4, -0.2) is 66.5 Å². The molecule has 5 rings (SSSR count). The number of hydrogen-bond donors (Lipinski definition) is 0. The summed E-state index contributed by atoms with van der Waals surface area (Å²) in [5.41, 5.74) is 1.39. The predicted octanol–water partition coefficient (Wildman–Crippen LogP) is 4.45. The van der Waals surface area contributed by atoms with Crippen LogP contribution in [0.15, 0.2) is 54.6 Å². The molecule has 7 nitrogen and oxygen atoms in total. The molecule has 202 valence electrons. The van der Waals surface area contributed by atoms with Gasteiger partial charge < -0.3 is 19.3 Å². The first kappa shape index (κ1) is 26.4. The standard InChI is InChI=1S/C31H38N2O5/c1-21(34)37-27-11-7-10-25(16-27)31-14-15-33(19-23-12-13-23)20-28(31)29(38-22(2)35)17-26(18-31)32(3)30(36)24-8-5-4-6-9-24/h4-11,16,23,26,28-29H,12-15,17-20H2,1-3H3/t26-,28?,29?,31?/m0/s1. The van der Waals surface area contributed by atoms with E-state index in [0.29, 0.717) is 17.7 Å². The Balaban J connectivity index is 1.52. The Morgan fingerprint density at radius 1 is 1.03 bits per heavy atom. The molecule has 3 fully saturated rings. The number of carbonyl (C=O) groups is 3. The minimum absolute atomic E-state index is 0.0365. The Bertz CT molecular complexity index is 1180. The van der Waals surface area contributed by atoms with Crippen LogP contribution in [0, 0.1) is 11.8 Å². The zero-order chi connectivity index (χ0) is 26.9. The van der Waals surface area contributed by atoms with E-state index in [1.807, 2.05) is 54.4 Å². The first-order valence-electron chi connectivity index (χ1n) is 13.8. The lowest BCUT2D eigenvalue weighted by Gasteiger charge is -2.56. The lowest BCUT2D eigenvalue weighted by molar-refractivity contribution is -0.158. The monoisotopic (exact) mass is 518 g/mol. The highest BCUT2D eigenvalue weighted by atomic mass is 16.5. The molecule has 38 heavy (non-hydrogen) atoms. The summed E-state index contributed by atoms with van der Waals surface area (Å²) in [6, 6.07) is 17.0. The van der Waals surface area contributed by atoms with Crippen LogP contribution in [0.3, 0.4) is 0 Å². The molecule has 0 radical (unpaired) electrons. The Labute approximate surface area is 225 Å². The van der Waals surface area contributed by atoms with E-state index < -0.39 is 0 Å². The topological polar surface area (TPSA) is 76.2 Å². The Kier molecular flexibility index (Phi) is 7.57. The van der Waals surface area contributed by atoms with Gasteiger partial charge in [-0.25, -0.2) is 0 Å². The molecular formula is C31H38N2O5. The van der Waals surface area contributed by atoms with Crippen molar-refractivity contribution >= 4 is 17.8 Å². The molecule has 7 heteroatoms. The molecule has 1 heterocycles. The molecule has 2 aromatic rings. The van der Waals surface area contributed by atoms with Crippen molar-refractivity contribution in [2.75, 3.05) is 26.7 Å². The van der Waals surface area contributed by atoms with Gasteiger partial charge in [0.25, 0.3) is 5.91 Å². The third-order valence-electron chi connectivity index (χ3n) is 8.68. The molecule has 4 atom stereocenters. The Hall–Kier alpha value is -3.19. The molecule has 2 aromatic carbocycles. The van der Waals surface area contributed by atoms with Gasteiger partial charge in [-0.05, 0) is 68.0 Å². The van der Waals surface area contributed by atoms with Crippen LogP contribution in [0.2, 0.25) is 0 Å². The predicted molar refractivity (Wildman–Crippen MR) is 144 cm³/mol. The average Bonchev–Trinajstić information content (AvgIpc) is 3.72. The number of amides is 1. The van der Waals surface area contributed by atoms with Gasteiger partial charge in [-0.2, -0.15) is 0 Å². The molecule has 0 N–H and O–H groups in total. The molecule has 0 bridgehead atoms. The first-order chi connectivity index (χ1) is 18.2. The van der Waals surface area contributed by atoms with Crippen molar-refractivity contribution in [1.29, 1.82) is 0 Å². The van der Waals surface area contributed by atoms with E-state index in [9.17, 15) is 14.4 Å². The number of nitrogens with zero attached hydrogens (tertiary/aromatic N) is 2. The molecule has 1 saturated heterocycles. The maximum Gasteiger partial charge on any atom is 0.308 e. The summed E-state index contributed by atoms with van der Waals surface area (Å²) in [7, 11) is 1.86. The quantitative estimate of drug-likeness (QED) is 0.398. The zero-order valence-corrected chi connectivity index (χ0v) is 22.6. The number of likely N-dealkylation sites (tertiary alicyclic amines) is 1. The van der Waals surface area contributed by atoms with Crippen molar-refractivity contribution in [3.8, 4) is 5.75 Å². The second-order valence-electron chi connectivity index (χ2n) is 11.4. The fraction of sp³-hybridized carbons (Fsp3) is 0.516. The minimum Gasteiger partial charge on any atom is -0.462 e. The van der Waals surface area contributed by atoms with E-state index >= 15 is 0 Å². The number of rotatable bonds is 7. The van der Waals surface area contributed by atoms with E-state index in [2.05, 4.69) is 11.0 Å². The Morgan fingerprint density at radius 3 is 2.47 bits per heavy atom. The van der Waals surface area contributed by atoms with Gasteiger partial charge in [-0.1, -0.05) is 30.3 Å². The van der Waals surface area contributed by atoms with Gasteiger partial charge >= 0.3 is 11.9 Å². The number of esters is 2. The molecule has 0 aromatic heterocycles. The second-order valence-corrected chi connectivity index (χ2v) is 11.4. The van der Waals surface area contributed by atoms with Gasteiger partial charge in [0.1, 0.15) is 11.9 Å². The minimum atomic E-state index is -0.358. The van der Waals surface area contributed by atoms with Gasteiger partial charge in [0.15, 0.2) is 0 Å². The largest absolute Gasteiger partial charge is 0.462 e. The molecule has 3 aliphatic rings. The van der Waals surface area contributed by atoms with Gasteiger partial charge in [-0.15, -0.1) is 0 Å². The fourth-order valence-corrected chi connectivity index (χ4v) is 6.68. The van der Waals surface area contributed by atoms with Crippen LogP contribution < -0.4 is 4.74 Å². The maximum atomic E-state index is 13.5. The summed E-state index contributed by atoms with van der Waals surface area (Å²) in [5, 5.41) is 0. The van der Waals surface area contributed by atoms with Gasteiger partial charge in [0.2, 0.25) is 0 Å². The summed E-state index contributed by atoms with van der Waals surface area (Å²) >= 11 is 0. The summed E-state index contributed by atoms with van der Waals surface area (Å²) in [5.74, 6) is 0.669. The van der Waals surface area contributed by atoms with Crippen molar-refractivity contribution in [1.82, 2.24) is 9.80 Å². The van der Waals surface area contributed by atoms with Crippen LogP contribution in [-0.2, 0) is 19.7 Å². The Morgan fingerprint density at radius 2 is 1.79 bits per heavy atom. The molecular weight excluding hydrogens is 480 g/mol. The van der Waals surface area contributed by atoms with Crippen molar-refractivity contribution in [2.24, 2.45) is 11.8 Å². The number of benzene rings is 2. The number of carbonyl (C=O) groups excluding carboxylic acids is 3. The normalized spacial score (nSPS) is 27.2. The fourth-order valence-electron chi connectivity index (χ4n) is 6.68. The van der Waals surface area contributed by atoms with Gasteiger partial charge in [0.05, 0.1) is 0 Å². The van der Waals surface area contributed by atoms with Crippen LogP contribution in [0.25, 0.3) is 0 Å². The van der Waals surface area contributed by atoms with Crippen molar-refractivity contribution in [3.63, 3.8) is 0 Å². The van der Waals surface area contributed by atoms with E-state index in [1.54, 1.807) is 6.07 Å². The smallest absolute Gasteiger partial charge is 0.308 e. The number of fused-ring (bicyclic) bond motifs is 1. The van der Waals surface area contributed by atoms with Crippen LogP contribution in [0.4, 0.5) is 0 Å². The SMILES string of the molecule is CC(=O)Oc1cccc(C23CCN(CC4CC4)CC2C(OC(C)=O)C[C@H](N(C)C(=O)c2ccccc2)C3)c1. The maximum absolute atomic E-state index is 13.5. The summed E-state index contributed by atoms with van der Waals surface area (Å²) in [6.07, 6.45) is 4.50. The van der Waals surface area contributed by atoms with Crippen molar-refractivity contribution in [2.45, 2.75) is 63.5 Å². The molecule has 2 saturated carbocycles. The van der Waals surface area contributed by atoms with E-state index in [0.717, 1.165) is 44.0 Å². The highest BCUT2D eigenvalue weighted by molar-refractivity contribution is 5.94. The van der Waals surface area contributed by atoms with Gasteiger partial charge in [0, 0.05) is 63.3 Å². The second kappa shape index (κ2) is 10.9. The van der Waals surface area contributed by atoms with E-state index in [-0.39, 0.29) is 41.3 Å². The third-order valence-corrected chi connectivity index (χ3v) is 8.68. The first-order valence-corrected chi connectivity index (χ1v) is 13.8. The van der Waals surface area contributed by atoms with E-state index in [1.165, 1.54) is 26.7 Å². The number of ether oxygens (including phenoxy) is 2. The van der Waals surface area contributed by atoms with Crippen LogP contribution in [0.5, 0.6) is 5.75 Å². The van der Waals surface area contributed by atoms with Crippen molar-refractivity contribution in [3.05, 3.63) is 65.7 Å². The molecule has 1 amide bonds. The third kappa shape index (κ3) is 5.63. The number of hydrogen-bond acceptors (Lipinski definition) is 6. The summed E-state index contributed by atoms with van der Waals surface area (Å²) in [6.45, 7) is 5.75. The average molecular weight is 519 g/mol. The molecule has 2 aliphatic carbocycles. The molecule has 0 spiro atoms. The summed E-state index contributed by atoms with van der Waals surface area (Å²) in [4.78, 5) is 41.9.